The van der Waals surface area contributed by atoms with Gasteiger partial charge in [0, 0.05) is 18.6 Å². The molecule has 1 aromatic heterocycles. The lowest BCUT2D eigenvalue weighted by atomic mass is 9.92. The summed E-state index contributed by atoms with van der Waals surface area (Å²) in [4.78, 5) is 10.5. The lowest BCUT2D eigenvalue weighted by Crippen LogP contribution is -2.50. The van der Waals surface area contributed by atoms with Crippen molar-refractivity contribution in [1.29, 1.82) is 0 Å². The van der Waals surface area contributed by atoms with Gasteiger partial charge in [0.2, 0.25) is 0 Å². The van der Waals surface area contributed by atoms with Gasteiger partial charge in [-0.15, -0.1) is 0 Å². The average Bonchev–Trinajstić information content (AvgIpc) is 2.91. The van der Waals surface area contributed by atoms with Gasteiger partial charge < -0.3 is 14.5 Å². The van der Waals surface area contributed by atoms with Crippen molar-refractivity contribution in [3.63, 3.8) is 0 Å². The Bertz CT molecular complexity index is 664. The molecule has 0 spiro atoms. The number of hydrogen-bond donors (Lipinski definition) is 1. The molecular weight excluding hydrogens is 272 g/mol. The Hall–Kier alpha value is -2.50. The Kier molecular flexibility index (Phi) is 3.08. The SMILES string of the molecule is CC1(C)Oc2ccc([N+](=O)[O-])cc2NC1Cc1ccco1. The molecule has 2 aromatic rings. The van der Waals surface area contributed by atoms with E-state index in [1.54, 1.807) is 12.3 Å². The third kappa shape index (κ3) is 2.56. The van der Waals surface area contributed by atoms with E-state index in [1.807, 2.05) is 26.0 Å². The predicted octanol–water partition coefficient (Wildman–Crippen LogP) is 3.38. The Balaban J connectivity index is 1.90. The van der Waals surface area contributed by atoms with Crippen molar-refractivity contribution >= 4 is 11.4 Å². The molecule has 3 rings (SSSR count). The van der Waals surface area contributed by atoms with E-state index < -0.39 is 10.5 Å². The molecule has 21 heavy (non-hydrogen) atoms. The number of nitrogens with zero attached hydrogens (tertiary/aromatic N) is 1. The van der Waals surface area contributed by atoms with Crippen molar-refractivity contribution in [2.45, 2.75) is 31.9 Å². The molecule has 0 bridgehead atoms. The molecule has 0 amide bonds. The number of nitrogens with one attached hydrogen (secondary N) is 1. The van der Waals surface area contributed by atoms with Crippen molar-refractivity contribution in [2.75, 3.05) is 5.32 Å². The van der Waals surface area contributed by atoms with Crippen molar-refractivity contribution in [3.8, 4) is 5.75 Å². The fraction of sp³-hybridized carbons (Fsp3) is 0.333. The van der Waals surface area contributed by atoms with Gasteiger partial charge in [-0.1, -0.05) is 0 Å². The minimum atomic E-state index is -0.448. The number of ether oxygens (including phenoxy) is 1. The maximum absolute atomic E-state index is 10.9. The number of furan rings is 1. The molecule has 2 heterocycles. The minimum absolute atomic E-state index is 0.0429. The zero-order chi connectivity index (χ0) is 15.0. The molecule has 0 fully saturated rings. The van der Waals surface area contributed by atoms with Crippen LogP contribution < -0.4 is 10.1 Å². The van der Waals surface area contributed by atoms with Crippen LogP contribution in [-0.2, 0) is 6.42 Å². The van der Waals surface area contributed by atoms with Crippen molar-refractivity contribution in [3.05, 3.63) is 52.5 Å². The van der Waals surface area contributed by atoms with Crippen LogP contribution in [0.25, 0.3) is 0 Å². The molecule has 1 unspecified atom stereocenters. The zero-order valence-corrected chi connectivity index (χ0v) is 11.8. The van der Waals surface area contributed by atoms with Crippen LogP contribution in [0.4, 0.5) is 11.4 Å². The van der Waals surface area contributed by atoms with Crippen LogP contribution in [0.15, 0.2) is 41.0 Å². The van der Waals surface area contributed by atoms with Crippen LogP contribution in [0.5, 0.6) is 5.75 Å². The van der Waals surface area contributed by atoms with Gasteiger partial charge in [0.15, 0.2) is 0 Å². The molecule has 6 nitrogen and oxygen atoms in total. The second-order valence-electron chi connectivity index (χ2n) is 5.62. The third-order valence-corrected chi connectivity index (χ3v) is 3.70. The van der Waals surface area contributed by atoms with Crippen LogP contribution in [0, 0.1) is 10.1 Å². The fourth-order valence-corrected chi connectivity index (χ4v) is 2.48. The van der Waals surface area contributed by atoms with E-state index in [9.17, 15) is 10.1 Å². The zero-order valence-electron chi connectivity index (χ0n) is 11.8. The van der Waals surface area contributed by atoms with Crippen LogP contribution in [0.2, 0.25) is 0 Å². The summed E-state index contributed by atoms with van der Waals surface area (Å²) in [6, 6.07) is 8.28. The third-order valence-electron chi connectivity index (χ3n) is 3.70. The number of non-ortho nitro benzene ring substituents is 1. The highest BCUT2D eigenvalue weighted by Gasteiger charge is 2.37. The number of anilines is 1. The molecule has 1 aromatic carbocycles. The van der Waals surface area contributed by atoms with E-state index in [-0.39, 0.29) is 11.7 Å². The molecule has 6 heteroatoms. The second-order valence-corrected chi connectivity index (χ2v) is 5.62. The summed E-state index contributed by atoms with van der Waals surface area (Å²) < 4.78 is 11.4. The summed E-state index contributed by atoms with van der Waals surface area (Å²) in [5.74, 6) is 1.47. The number of nitro benzene ring substituents is 1. The average molecular weight is 288 g/mol. The van der Waals surface area contributed by atoms with Crippen LogP contribution in [0.3, 0.4) is 0 Å². The van der Waals surface area contributed by atoms with Gasteiger partial charge in [-0.2, -0.15) is 0 Å². The maximum Gasteiger partial charge on any atom is 0.271 e. The summed E-state index contributed by atoms with van der Waals surface area (Å²) in [7, 11) is 0. The van der Waals surface area contributed by atoms with Crippen LogP contribution in [0.1, 0.15) is 19.6 Å². The normalized spacial score (nSPS) is 19.2. The van der Waals surface area contributed by atoms with E-state index in [0.29, 0.717) is 17.9 Å². The van der Waals surface area contributed by atoms with E-state index in [2.05, 4.69) is 5.32 Å². The Morgan fingerprint density at radius 1 is 1.38 bits per heavy atom. The lowest BCUT2D eigenvalue weighted by Gasteiger charge is -2.40. The standard InChI is InChI=1S/C15H16N2O4/c1-15(2)14(9-11-4-3-7-20-11)16-12-8-10(17(18)19)5-6-13(12)21-15/h3-8,14,16H,9H2,1-2H3. The monoisotopic (exact) mass is 288 g/mol. The van der Waals surface area contributed by atoms with Gasteiger partial charge in [-0.3, -0.25) is 10.1 Å². The summed E-state index contributed by atoms with van der Waals surface area (Å²) in [6.45, 7) is 3.97. The number of hydrogen-bond acceptors (Lipinski definition) is 5. The predicted molar refractivity (Wildman–Crippen MR) is 77.6 cm³/mol. The maximum atomic E-state index is 10.9. The smallest absolute Gasteiger partial charge is 0.271 e. The first-order chi connectivity index (χ1) is 9.95. The molecule has 1 aliphatic heterocycles. The Morgan fingerprint density at radius 3 is 2.86 bits per heavy atom. The highest BCUT2D eigenvalue weighted by molar-refractivity contribution is 5.64. The number of nitro groups is 1. The van der Waals surface area contributed by atoms with Gasteiger partial charge in [-0.25, -0.2) is 0 Å². The molecular formula is C15H16N2O4. The van der Waals surface area contributed by atoms with Crippen molar-refractivity contribution in [1.82, 2.24) is 0 Å². The molecule has 110 valence electrons. The molecule has 0 aliphatic carbocycles. The molecule has 1 aliphatic rings. The first kappa shape index (κ1) is 13.5. The molecule has 0 radical (unpaired) electrons. The van der Waals surface area contributed by atoms with E-state index in [1.165, 1.54) is 12.1 Å². The lowest BCUT2D eigenvalue weighted by molar-refractivity contribution is -0.384. The largest absolute Gasteiger partial charge is 0.484 e. The summed E-state index contributed by atoms with van der Waals surface area (Å²) in [5.41, 5.74) is 0.233. The van der Waals surface area contributed by atoms with Gasteiger partial charge >= 0.3 is 0 Å². The van der Waals surface area contributed by atoms with Crippen LogP contribution in [-0.4, -0.2) is 16.6 Å². The van der Waals surface area contributed by atoms with Gasteiger partial charge in [-0.05, 0) is 32.0 Å². The topological polar surface area (TPSA) is 77.5 Å². The first-order valence-electron chi connectivity index (χ1n) is 6.72. The highest BCUT2D eigenvalue weighted by atomic mass is 16.6. The number of rotatable bonds is 3. The molecule has 0 saturated heterocycles. The Labute approximate surface area is 121 Å². The highest BCUT2D eigenvalue weighted by Crippen LogP contribution is 2.38. The van der Waals surface area contributed by atoms with E-state index in [4.69, 9.17) is 9.15 Å². The summed E-state index contributed by atoms with van der Waals surface area (Å²) in [6.07, 6.45) is 2.27. The van der Waals surface area contributed by atoms with Crippen molar-refractivity contribution in [2.24, 2.45) is 0 Å². The second kappa shape index (κ2) is 4.80. The quantitative estimate of drug-likeness (QED) is 0.692. The van der Waals surface area contributed by atoms with Crippen LogP contribution >= 0.6 is 0 Å². The number of fused-ring (bicyclic) bond motifs is 1. The van der Waals surface area contributed by atoms with E-state index in [0.717, 1.165) is 5.76 Å². The van der Waals surface area contributed by atoms with E-state index >= 15 is 0 Å². The fourth-order valence-electron chi connectivity index (χ4n) is 2.48. The van der Waals surface area contributed by atoms with Gasteiger partial charge in [0.1, 0.15) is 17.1 Å². The van der Waals surface area contributed by atoms with Gasteiger partial charge in [0.25, 0.3) is 5.69 Å². The Morgan fingerprint density at radius 2 is 2.19 bits per heavy atom. The summed E-state index contributed by atoms with van der Waals surface area (Å²) in [5, 5.41) is 14.2. The first-order valence-corrected chi connectivity index (χ1v) is 6.72. The summed E-state index contributed by atoms with van der Waals surface area (Å²) >= 11 is 0. The molecule has 1 N–H and O–H groups in total. The minimum Gasteiger partial charge on any atom is -0.484 e. The van der Waals surface area contributed by atoms with Crippen molar-refractivity contribution < 1.29 is 14.1 Å². The molecule has 1 atom stereocenters. The molecule has 0 saturated carbocycles. The van der Waals surface area contributed by atoms with Gasteiger partial charge in [0.05, 0.1) is 22.9 Å². The number of benzene rings is 1.